The van der Waals surface area contributed by atoms with Crippen LogP contribution in [0.3, 0.4) is 0 Å². The largest absolute Gasteiger partial charge is 0.480 e. The van der Waals surface area contributed by atoms with Crippen molar-refractivity contribution in [2.45, 2.75) is 39.2 Å². The number of carbonyl (C=O) groups is 2. The normalized spacial score (nSPS) is 11.9. The third kappa shape index (κ3) is 4.28. The lowest BCUT2D eigenvalue weighted by atomic mass is 10.1. The van der Waals surface area contributed by atoms with Crippen LogP contribution in [0, 0.1) is 6.92 Å². The summed E-state index contributed by atoms with van der Waals surface area (Å²) in [4.78, 5) is 22.5. The van der Waals surface area contributed by atoms with Crippen LogP contribution in [0.5, 0.6) is 0 Å². The standard InChI is InChI=1S/C14H20N2O3/c1-3-4-5-11(14(18)19)16-12-8-9(2)6-7-10(12)13(15)17/h6-8,11,16H,3-5H2,1-2H3,(H2,15,17)(H,18,19). The van der Waals surface area contributed by atoms with Crippen LogP contribution in [-0.4, -0.2) is 23.0 Å². The molecule has 0 bridgehead atoms. The molecule has 0 aliphatic carbocycles. The van der Waals surface area contributed by atoms with Crippen molar-refractivity contribution in [3.05, 3.63) is 29.3 Å². The SMILES string of the molecule is CCCCC(Nc1cc(C)ccc1C(N)=O)C(=O)O. The molecule has 0 saturated heterocycles. The molecule has 0 fully saturated rings. The molecule has 1 unspecified atom stereocenters. The van der Waals surface area contributed by atoms with Crippen LogP contribution in [-0.2, 0) is 4.79 Å². The first-order chi connectivity index (χ1) is 8.95. The molecule has 19 heavy (non-hydrogen) atoms. The number of carboxylic acid groups (broad SMARTS) is 1. The van der Waals surface area contributed by atoms with E-state index in [1.54, 1.807) is 18.2 Å². The molecule has 0 heterocycles. The molecule has 4 N–H and O–H groups in total. The minimum absolute atomic E-state index is 0.313. The van der Waals surface area contributed by atoms with Gasteiger partial charge < -0.3 is 16.2 Å². The Morgan fingerprint density at radius 3 is 2.63 bits per heavy atom. The molecule has 1 aromatic carbocycles. The zero-order valence-corrected chi connectivity index (χ0v) is 11.3. The van der Waals surface area contributed by atoms with E-state index in [4.69, 9.17) is 5.73 Å². The maximum Gasteiger partial charge on any atom is 0.326 e. The summed E-state index contributed by atoms with van der Waals surface area (Å²) in [5.74, 6) is -1.49. The molecule has 104 valence electrons. The molecule has 0 aliphatic heterocycles. The molecule has 5 nitrogen and oxygen atoms in total. The summed E-state index contributed by atoms with van der Waals surface area (Å²) in [6.45, 7) is 3.87. The molecule has 1 atom stereocenters. The van der Waals surface area contributed by atoms with Gasteiger partial charge in [0.15, 0.2) is 0 Å². The van der Waals surface area contributed by atoms with Crippen molar-refractivity contribution in [2.75, 3.05) is 5.32 Å². The highest BCUT2D eigenvalue weighted by Crippen LogP contribution is 2.19. The number of nitrogens with one attached hydrogen (secondary N) is 1. The van der Waals surface area contributed by atoms with E-state index < -0.39 is 17.9 Å². The van der Waals surface area contributed by atoms with Gasteiger partial charge >= 0.3 is 5.97 Å². The van der Waals surface area contributed by atoms with Gasteiger partial charge in [0.2, 0.25) is 0 Å². The number of primary amides is 1. The molecule has 0 aromatic heterocycles. The quantitative estimate of drug-likeness (QED) is 0.703. The Balaban J connectivity index is 2.97. The Bertz CT molecular complexity index is 472. The molecule has 0 saturated carbocycles. The van der Waals surface area contributed by atoms with E-state index in [0.717, 1.165) is 18.4 Å². The zero-order chi connectivity index (χ0) is 14.4. The zero-order valence-electron chi connectivity index (χ0n) is 11.3. The van der Waals surface area contributed by atoms with Crippen LogP contribution in [0.2, 0.25) is 0 Å². The number of amides is 1. The highest BCUT2D eigenvalue weighted by molar-refractivity contribution is 5.99. The van der Waals surface area contributed by atoms with E-state index in [9.17, 15) is 14.7 Å². The molecule has 5 heteroatoms. The number of carboxylic acids is 1. The second-order valence-corrected chi connectivity index (χ2v) is 4.59. The van der Waals surface area contributed by atoms with Gasteiger partial charge in [0, 0.05) is 5.69 Å². The molecule has 1 rings (SSSR count). The van der Waals surface area contributed by atoms with Crippen molar-refractivity contribution in [1.29, 1.82) is 0 Å². The molecule has 1 aromatic rings. The second kappa shape index (κ2) is 6.78. The van der Waals surface area contributed by atoms with Gasteiger partial charge in [-0.05, 0) is 31.0 Å². The second-order valence-electron chi connectivity index (χ2n) is 4.59. The fraction of sp³-hybridized carbons (Fsp3) is 0.429. The van der Waals surface area contributed by atoms with Crippen LogP contribution in [0.4, 0.5) is 5.69 Å². The molecule has 0 aliphatic rings. The Hall–Kier alpha value is -2.04. The van der Waals surface area contributed by atoms with Crippen LogP contribution in [0.15, 0.2) is 18.2 Å². The number of nitrogens with two attached hydrogens (primary N) is 1. The van der Waals surface area contributed by atoms with E-state index in [0.29, 0.717) is 17.7 Å². The first-order valence-corrected chi connectivity index (χ1v) is 6.35. The average molecular weight is 264 g/mol. The van der Waals surface area contributed by atoms with Gasteiger partial charge in [-0.2, -0.15) is 0 Å². The van der Waals surface area contributed by atoms with E-state index in [-0.39, 0.29) is 0 Å². The summed E-state index contributed by atoms with van der Waals surface area (Å²) >= 11 is 0. The van der Waals surface area contributed by atoms with Gasteiger partial charge in [0.05, 0.1) is 5.56 Å². The maximum absolute atomic E-state index is 11.3. The summed E-state index contributed by atoms with van der Waals surface area (Å²) in [5, 5.41) is 12.1. The first-order valence-electron chi connectivity index (χ1n) is 6.35. The van der Waals surface area contributed by atoms with E-state index in [2.05, 4.69) is 5.32 Å². The maximum atomic E-state index is 11.3. The third-order valence-corrected chi connectivity index (χ3v) is 2.91. The van der Waals surface area contributed by atoms with Crippen molar-refractivity contribution in [1.82, 2.24) is 0 Å². The fourth-order valence-corrected chi connectivity index (χ4v) is 1.85. The minimum Gasteiger partial charge on any atom is -0.480 e. The lowest BCUT2D eigenvalue weighted by Gasteiger charge is -2.17. The van der Waals surface area contributed by atoms with Gasteiger partial charge in [-0.1, -0.05) is 25.8 Å². The number of unbranched alkanes of at least 4 members (excludes halogenated alkanes) is 1. The number of hydrogen-bond acceptors (Lipinski definition) is 3. The van der Waals surface area contributed by atoms with Crippen LogP contribution in [0.1, 0.15) is 42.1 Å². The summed E-state index contributed by atoms with van der Waals surface area (Å²) < 4.78 is 0. The molecule has 1 amide bonds. The predicted octanol–water partition coefficient (Wildman–Crippen LogP) is 2.15. The minimum atomic E-state index is -0.926. The lowest BCUT2D eigenvalue weighted by Crippen LogP contribution is -2.30. The van der Waals surface area contributed by atoms with Gasteiger partial charge in [-0.15, -0.1) is 0 Å². The highest BCUT2D eigenvalue weighted by Gasteiger charge is 2.19. The summed E-state index contributed by atoms with van der Waals surface area (Å²) in [6, 6.07) is 4.41. The number of aliphatic carboxylic acids is 1. The topological polar surface area (TPSA) is 92.4 Å². The Labute approximate surface area is 112 Å². The Morgan fingerprint density at radius 2 is 2.11 bits per heavy atom. The van der Waals surface area contributed by atoms with Crippen LogP contribution < -0.4 is 11.1 Å². The molecule has 0 spiro atoms. The third-order valence-electron chi connectivity index (χ3n) is 2.91. The average Bonchev–Trinajstić information content (AvgIpc) is 2.33. The van der Waals surface area contributed by atoms with E-state index in [1.807, 2.05) is 13.8 Å². The van der Waals surface area contributed by atoms with Crippen molar-refractivity contribution in [2.24, 2.45) is 5.73 Å². The number of hydrogen-bond donors (Lipinski definition) is 3. The summed E-state index contributed by atoms with van der Waals surface area (Å²) in [6.07, 6.45) is 2.24. The van der Waals surface area contributed by atoms with Gasteiger partial charge in [0.1, 0.15) is 6.04 Å². The van der Waals surface area contributed by atoms with Crippen molar-refractivity contribution >= 4 is 17.6 Å². The summed E-state index contributed by atoms with van der Waals surface area (Å²) in [5.41, 5.74) is 7.02. The van der Waals surface area contributed by atoms with Crippen molar-refractivity contribution < 1.29 is 14.7 Å². The first kappa shape index (κ1) is 15.0. The Kier molecular flexibility index (Phi) is 5.36. The molecular formula is C14H20N2O3. The number of anilines is 1. The van der Waals surface area contributed by atoms with Gasteiger partial charge in [-0.25, -0.2) is 4.79 Å². The number of carbonyl (C=O) groups excluding carboxylic acids is 1. The van der Waals surface area contributed by atoms with E-state index >= 15 is 0 Å². The fourth-order valence-electron chi connectivity index (χ4n) is 1.85. The number of aryl methyl sites for hydroxylation is 1. The van der Waals surface area contributed by atoms with Crippen molar-refractivity contribution in [3.8, 4) is 0 Å². The highest BCUT2D eigenvalue weighted by atomic mass is 16.4. The molecule has 0 radical (unpaired) electrons. The lowest BCUT2D eigenvalue weighted by molar-refractivity contribution is -0.138. The monoisotopic (exact) mass is 264 g/mol. The van der Waals surface area contributed by atoms with Crippen LogP contribution >= 0.6 is 0 Å². The smallest absolute Gasteiger partial charge is 0.326 e. The van der Waals surface area contributed by atoms with E-state index in [1.165, 1.54) is 0 Å². The summed E-state index contributed by atoms with van der Waals surface area (Å²) in [7, 11) is 0. The van der Waals surface area contributed by atoms with Crippen molar-refractivity contribution in [3.63, 3.8) is 0 Å². The number of benzene rings is 1. The Morgan fingerprint density at radius 1 is 1.42 bits per heavy atom. The van der Waals surface area contributed by atoms with Crippen LogP contribution in [0.25, 0.3) is 0 Å². The number of rotatable bonds is 7. The molecular weight excluding hydrogens is 244 g/mol. The predicted molar refractivity (Wildman–Crippen MR) is 74.3 cm³/mol. The van der Waals surface area contributed by atoms with Gasteiger partial charge in [-0.3, -0.25) is 4.79 Å². The van der Waals surface area contributed by atoms with Gasteiger partial charge in [0.25, 0.3) is 5.91 Å².